The molecule has 0 bridgehead atoms. The second-order valence-corrected chi connectivity index (χ2v) is 10.3. The van der Waals surface area contributed by atoms with E-state index in [4.69, 9.17) is 16.1 Å². The number of nitrogen functional groups attached to an aromatic ring is 1. The minimum Gasteiger partial charge on any atom is -0.384 e. The number of benzene rings is 2. The maximum atomic E-state index is 14.6. The molecular formula is C30H30F2N6O. The lowest BCUT2D eigenvalue weighted by molar-refractivity contribution is 0.0165. The van der Waals surface area contributed by atoms with Crippen molar-refractivity contribution in [1.82, 2.24) is 4.98 Å². The summed E-state index contributed by atoms with van der Waals surface area (Å²) in [6.45, 7) is 3.37. The molecule has 3 aromatic rings. The van der Waals surface area contributed by atoms with Crippen LogP contribution in [0.5, 0.6) is 0 Å². The number of carbonyl (C=O) groups is 1. The third-order valence-corrected chi connectivity index (χ3v) is 7.38. The number of nitrogens with two attached hydrogens (primary N) is 1. The van der Waals surface area contributed by atoms with E-state index in [9.17, 15) is 18.8 Å². The molecule has 1 aliphatic heterocycles. The molecule has 2 heterocycles. The van der Waals surface area contributed by atoms with Crippen LogP contribution in [0.1, 0.15) is 71.3 Å². The highest BCUT2D eigenvalue weighted by Crippen LogP contribution is 2.40. The van der Waals surface area contributed by atoms with Crippen LogP contribution in [0.25, 0.3) is 11.1 Å². The van der Waals surface area contributed by atoms with Crippen molar-refractivity contribution in [2.75, 3.05) is 16.8 Å². The van der Waals surface area contributed by atoms with E-state index in [1.165, 1.54) is 23.8 Å². The fourth-order valence-corrected chi connectivity index (χ4v) is 5.05. The van der Waals surface area contributed by atoms with E-state index >= 15 is 0 Å². The minimum atomic E-state index is -3.11. The third kappa shape index (κ3) is 5.32. The van der Waals surface area contributed by atoms with E-state index in [-0.39, 0.29) is 23.5 Å². The molecule has 1 amide bonds. The van der Waals surface area contributed by atoms with Gasteiger partial charge in [-0.1, -0.05) is 19.8 Å². The zero-order valence-corrected chi connectivity index (χ0v) is 21.9. The summed E-state index contributed by atoms with van der Waals surface area (Å²) in [5.41, 5.74) is 8.93. The van der Waals surface area contributed by atoms with E-state index in [2.05, 4.69) is 11.4 Å². The summed E-state index contributed by atoms with van der Waals surface area (Å²) in [5, 5.41) is 20.9. The lowest BCUT2D eigenvalue weighted by Crippen LogP contribution is -2.24. The smallest absolute Gasteiger partial charge is 0.270 e. The van der Waals surface area contributed by atoms with Crippen LogP contribution >= 0.6 is 0 Å². The van der Waals surface area contributed by atoms with Gasteiger partial charge in [0.05, 0.1) is 18.2 Å². The zero-order chi connectivity index (χ0) is 27.9. The number of carbonyl (C=O) groups excluding carboxylic acids is 1. The van der Waals surface area contributed by atoms with Gasteiger partial charge in [-0.2, -0.15) is 5.26 Å². The molecule has 7 nitrogen and oxygen atoms in total. The highest BCUT2D eigenvalue weighted by molar-refractivity contribution is 6.10. The summed E-state index contributed by atoms with van der Waals surface area (Å²) in [6.07, 6.45) is 3.95. The van der Waals surface area contributed by atoms with Crippen LogP contribution < -0.4 is 16.0 Å². The molecule has 4 N–H and O–H groups in total. The number of aryl methyl sites for hydroxylation is 1. The number of halogens is 2. The Kier molecular flexibility index (Phi) is 6.81. The second-order valence-electron chi connectivity index (χ2n) is 10.3. The molecule has 39 heavy (non-hydrogen) atoms. The summed E-state index contributed by atoms with van der Waals surface area (Å²) < 4.78 is 29.2. The Labute approximate surface area is 226 Å². The van der Waals surface area contributed by atoms with Crippen molar-refractivity contribution in [3.63, 3.8) is 0 Å². The first-order valence-corrected chi connectivity index (χ1v) is 13.1. The van der Waals surface area contributed by atoms with Crippen molar-refractivity contribution in [3.05, 3.63) is 75.8 Å². The number of amidine groups is 1. The molecule has 1 aliphatic carbocycles. The maximum Gasteiger partial charge on any atom is 0.270 e. The van der Waals surface area contributed by atoms with Gasteiger partial charge in [-0.05, 0) is 83.5 Å². The number of hydrogen-bond donors (Lipinski definition) is 3. The van der Waals surface area contributed by atoms with Crippen LogP contribution in [-0.4, -0.2) is 23.3 Å². The molecular weight excluding hydrogens is 498 g/mol. The minimum absolute atomic E-state index is 0.0350. The van der Waals surface area contributed by atoms with Crippen molar-refractivity contribution in [2.45, 2.75) is 52.0 Å². The molecule has 5 rings (SSSR count). The van der Waals surface area contributed by atoms with Gasteiger partial charge in [0.25, 0.3) is 11.8 Å². The second kappa shape index (κ2) is 10.1. The van der Waals surface area contributed by atoms with Gasteiger partial charge < -0.3 is 11.1 Å². The molecule has 0 saturated heterocycles. The Morgan fingerprint density at radius 3 is 2.64 bits per heavy atom. The van der Waals surface area contributed by atoms with Gasteiger partial charge in [0.15, 0.2) is 0 Å². The van der Waals surface area contributed by atoms with Crippen molar-refractivity contribution in [3.8, 4) is 17.2 Å². The maximum absolute atomic E-state index is 14.6. The van der Waals surface area contributed by atoms with Crippen LogP contribution in [-0.2, 0) is 18.9 Å². The number of nitrogens with zero attached hydrogens (tertiary/aromatic N) is 3. The molecule has 9 heteroatoms. The normalized spacial score (nSPS) is 14.7. The summed E-state index contributed by atoms with van der Waals surface area (Å²) in [7, 11) is 0. The predicted octanol–water partition coefficient (Wildman–Crippen LogP) is 5.95. The standard InChI is InChI=1S/C30H30F2N6O/c1-3-17-10-23-24(25(12-17)30(2,31)32)16-38(29(23)39)27-14-20(13-26(37-27)36-9-8-18-4-5-18)22-11-19(15-33)6-7-21(22)28(34)35/h6-7,10-14,18H,3-5,8-9,16H2,1-2H3,(H3,34,35)(H,36,37). The van der Waals surface area contributed by atoms with E-state index in [0.717, 1.165) is 13.3 Å². The number of amides is 1. The van der Waals surface area contributed by atoms with Crippen LogP contribution in [0.2, 0.25) is 0 Å². The van der Waals surface area contributed by atoms with E-state index in [1.807, 2.05) is 6.92 Å². The number of pyridine rings is 1. The molecule has 1 saturated carbocycles. The zero-order valence-electron chi connectivity index (χ0n) is 21.9. The van der Waals surface area contributed by atoms with Crippen molar-refractivity contribution < 1.29 is 13.6 Å². The number of nitriles is 1. The number of fused-ring (bicyclic) bond motifs is 1. The highest BCUT2D eigenvalue weighted by atomic mass is 19.3. The molecule has 0 atom stereocenters. The topological polar surface area (TPSA) is 119 Å². The van der Waals surface area contributed by atoms with Crippen LogP contribution in [0.4, 0.5) is 20.4 Å². The molecule has 0 radical (unpaired) electrons. The predicted molar refractivity (Wildman–Crippen MR) is 147 cm³/mol. The average molecular weight is 529 g/mol. The summed E-state index contributed by atoms with van der Waals surface area (Å²) in [4.78, 5) is 19.7. The highest BCUT2D eigenvalue weighted by Gasteiger charge is 2.38. The fourth-order valence-electron chi connectivity index (χ4n) is 5.05. The molecule has 2 aromatic carbocycles. The fraction of sp³-hybridized carbons (Fsp3) is 0.333. The number of aromatic nitrogens is 1. The molecule has 2 aliphatic rings. The van der Waals surface area contributed by atoms with E-state index < -0.39 is 11.8 Å². The molecule has 1 aromatic heterocycles. The van der Waals surface area contributed by atoms with Crippen molar-refractivity contribution >= 4 is 23.4 Å². The van der Waals surface area contributed by atoms with Gasteiger partial charge in [-0.3, -0.25) is 15.1 Å². The SMILES string of the molecule is CCc1cc2c(c(C(C)(F)F)c1)CN(c1cc(-c3cc(C#N)ccc3C(=N)N)cc(NCCC3CC3)n1)C2=O. The number of hydrogen-bond acceptors (Lipinski definition) is 5. The Bertz CT molecular complexity index is 1520. The Morgan fingerprint density at radius 1 is 1.23 bits per heavy atom. The van der Waals surface area contributed by atoms with Crippen molar-refractivity contribution in [1.29, 1.82) is 10.7 Å². The van der Waals surface area contributed by atoms with Gasteiger partial charge >= 0.3 is 0 Å². The first-order chi connectivity index (χ1) is 18.6. The van der Waals surface area contributed by atoms with Gasteiger partial charge in [0.2, 0.25) is 0 Å². The summed E-state index contributed by atoms with van der Waals surface area (Å²) in [5.74, 6) is -2.15. The van der Waals surface area contributed by atoms with Gasteiger partial charge in [0, 0.05) is 30.2 Å². The van der Waals surface area contributed by atoms with Crippen LogP contribution in [0, 0.1) is 22.7 Å². The molecule has 0 spiro atoms. The summed E-state index contributed by atoms with van der Waals surface area (Å²) in [6, 6.07) is 13.6. The van der Waals surface area contributed by atoms with Crippen molar-refractivity contribution in [2.24, 2.45) is 11.7 Å². The number of nitrogens with one attached hydrogen (secondary N) is 2. The van der Waals surface area contributed by atoms with Gasteiger partial charge in [-0.25, -0.2) is 13.8 Å². The first kappa shape index (κ1) is 26.3. The average Bonchev–Trinajstić information content (AvgIpc) is 3.68. The molecule has 0 unspecified atom stereocenters. The Hall–Kier alpha value is -4.32. The third-order valence-electron chi connectivity index (χ3n) is 7.38. The van der Waals surface area contributed by atoms with Crippen LogP contribution in [0.15, 0.2) is 42.5 Å². The lowest BCUT2D eigenvalue weighted by Gasteiger charge is -2.19. The van der Waals surface area contributed by atoms with Gasteiger partial charge in [0.1, 0.15) is 17.5 Å². The molecule has 1 fully saturated rings. The number of rotatable bonds is 9. The lowest BCUT2D eigenvalue weighted by atomic mass is 9.95. The Balaban J connectivity index is 1.61. The number of alkyl halides is 2. The monoisotopic (exact) mass is 528 g/mol. The first-order valence-electron chi connectivity index (χ1n) is 13.1. The van der Waals surface area contributed by atoms with E-state index in [0.29, 0.717) is 63.9 Å². The summed E-state index contributed by atoms with van der Waals surface area (Å²) >= 11 is 0. The number of anilines is 2. The van der Waals surface area contributed by atoms with Gasteiger partial charge in [-0.15, -0.1) is 0 Å². The quantitative estimate of drug-likeness (QED) is 0.234. The van der Waals surface area contributed by atoms with E-state index in [1.54, 1.807) is 36.4 Å². The molecule has 200 valence electrons. The Morgan fingerprint density at radius 2 is 2.00 bits per heavy atom. The van der Waals surface area contributed by atoms with Crippen LogP contribution in [0.3, 0.4) is 0 Å². The largest absolute Gasteiger partial charge is 0.384 e.